The summed E-state index contributed by atoms with van der Waals surface area (Å²) < 4.78 is 0. The SMILES string of the molecule is CC(O)CC(O)Cc1ccccc1O. The molecular formula is C11H16O3. The van der Waals surface area contributed by atoms with Gasteiger partial charge in [0.2, 0.25) is 0 Å². The average molecular weight is 196 g/mol. The molecule has 2 atom stereocenters. The van der Waals surface area contributed by atoms with Gasteiger partial charge >= 0.3 is 0 Å². The monoisotopic (exact) mass is 196 g/mol. The number of aliphatic hydroxyl groups excluding tert-OH is 2. The van der Waals surface area contributed by atoms with Gasteiger partial charge in [0, 0.05) is 6.42 Å². The third-order valence-corrected chi connectivity index (χ3v) is 2.06. The van der Waals surface area contributed by atoms with E-state index in [1.54, 1.807) is 25.1 Å². The summed E-state index contributed by atoms with van der Waals surface area (Å²) in [4.78, 5) is 0. The number of para-hydroxylation sites is 1. The van der Waals surface area contributed by atoms with Gasteiger partial charge in [-0.2, -0.15) is 0 Å². The zero-order chi connectivity index (χ0) is 10.6. The van der Waals surface area contributed by atoms with E-state index in [1.165, 1.54) is 0 Å². The molecule has 0 heterocycles. The number of benzene rings is 1. The first-order chi connectivity index (χ1) is 6.59. The summed E-state index contributed by atoms with van der Waals surface area (Å²) in [5, 5.41) is 28.0. The number of aromatic hydroxyl groups is 1. The number of phenolic OH excluding ortho intramolecular Hbond substituents is 1. The molecule has 1 aromatic rings. The second-order valence-corrected chi connectivity index (χ2v) is 3.57. The zero-order valence-electron chi connectivity index (χ0n) is 8.22. The van der Waals surface area contributed by atoms with Crippen molar-refractivity contribution < 1.29 is 15.3 Å². The topological polar surface area (TPSA) is 60.7 Å². The Morgan fingerprint density at radius 1 is 1.21 bits per heavy atom. The number of hydrogen-bond donors (Lipinski definition) is 3. The van der Waals surface area contributed by atoms with Crippen LogP contribution in [0, 0.1) is 0 Å². The van der Waals surface area contributed by atoms with Gasteiger partial charge in [0.25, 0.3) is 0 Å². The number of phenols is 1. The summed E-state index contributed by atoms with van der Waals surface area (Å²) in [6, 6.07) is 6.90. The van der Waals surface area contributed by atoms with Crippen molar-refractivity contribution in [2.75, 3.05) is 0 Å². The predicted octanol–water partition coefficient (Wildman–Crippen LogP) is 1.07. The van der Waals surface area contributed by atoms with Gasteiger partial charge in [-0.1, -0.05) is 18.2 Å². The Balaban J connectivity index is 2.56. The molecular weight excluding hydrogens is 180 g/mol. The molecule has 0 fully saturated rings. The largest absolute Gasteiger partial charge is 0.508 e. The van der Waals surface area contributed by atoms with Crippen molar-refractivity contribution in [2.24, 2.45) is 0 Å². The highest BCUT2D eigenvalue weighted by atomic mass is 16.3. The first kappa shape index (κ1) is 11.0. The summed E-state index contributed by atoms with van der Waals surface area (Å²) in [6.45, 7) is 1.63. The van der Waals surface area contributed by atoms with Crippen molar-refractivity contribution in [1.82, 2.24) is 0 Å². The van der Waals surface area contributed by atoms with Crippen LogP contribution in [0.2, 0.25) is 0 Å². The number of rotatable bonds is 4. The molecule has 14 heavy (non-hydrogen) atoms. The van der Waals surface area contributed by atoms with Crippen LogP contribution in [-0.2, 0) is 6.42 Å². The molecule has 0 aliphatic rings. The molecule has 0 amide bonds. The fourth-order valence-corrected chi connectivity index (χ4v) is 1.41. The van der Waals surface area contributed by atoms with E-state index in [2.05, 4.69) is 0 Å². The molecule has 1 aromatic carbocycles. The summed E-state index contributed by atoms with van der Waals surface area (Å²) in [6.07, 6.45) is -0.425. The summed E-state index contributed by atoms with van der Waals surface area (Å²) in [5.41, 5.74) is 0.709. The van der Waals surface area contributed by atoms with Gasteiger partial charge in [0.1, 0.15) is 5.75 Å². The van der Waals surface area contributed by atoms with Crippen LogP contribution in [0.1, 0.15) is 18.9 Å². The molecule has 0 aromatic heterocycles. The molecule has 0 radical (unpaired) electrons. The molecule has 0 aliphatic carbocycles. The fourth-order valence-electron chi connectivity index (χ4n) is 1.41. The fraction of sp³-hybridized carbons (Fsp3) is 0.455. The van der Waals surface area contributed by atoms with Crippen molar-refractivity contribution in [3.05, 3.63) is 29.8 Å². The second-order valence-electron chi connectivity index (χ2n) is 3.57. The maximum absolute atomic E-state index is 9.53. The van der Waals surface area contributed by atoms with E-state index in [9.17, 15) is 10.2 Å². The van der Waals surface area contributed by atoms with E-state index in [4.69, 9.17) is 5.11 Å². The Bertz CT molecular complexity index is 284. The van der Waals surface area contributed by atoms with Crippen LogP contribution in [0.25, 0.3) is 0 Å². The van der Waals surface area contributed by atoms with Crippen LogP contribution in [0.5, 0.6) is 5.75 Å². The van der Waals surface area contributed by atoms with Crippen LogP contribution in [0.15, 0.2) is 24.3 Å². The van der Waals surface area contributed by atoms with Crippen LogP contribution >= 0.6 is 0 Å². The molecule has 3 heteroatoms. The van der Waals surface area contributed by atoms with Crippen molar-refractivity contribution >= 4 is 0 Å². The van der Waals surface area contributed by atoms with Crippen LogP contribution in [0.4, 0.5) is 0 Å². The van der Waals surface area contributed by atoms with E-state index in [-0.39, 0.29) is 5.75 Å². The standard InChI is InChI=1S/C11H16O3/c1-8(12)6-10(13)7-9-4-2-3-5-11(9)14/h2-5,8,10,12-14H,6-7H2,1H3. The molecule has 0 spiro atoms. The van der Waals surface area contributed by atoms with Crippen LogP contribution in [-0.4, -0.2) is 27.5 Å². The van der Waals surface area contributed by atoms with Crippen LogP contribution in [0.3, 0.4) is 0 Å². The Labute approximate surface area is 83.6 Å². The minimum absolute atomic E-state index is 0.192. The lowest BCUT2D eigenvalue weighted by molar-refractivity contribution is 0.0904. The molecule has 3 N–H and O–H groups in total. The Kier molecular flexibility index (Phi) is 3.92. The van der Waals surface area contributed by atoms with Crippen LogP contribution < -0.4 is 0 Å². The van der Waals surface area contributed by atoms with E-state index < -0.39 is 12.2 Å². The maximum Gasteiger partial charge on any atom is 0.118 e. The van der Waals surface area contributed by atoms with Gasteiger partial charge in [0.15, 0.2) is 0 Å². The summed E-state index contributed by atoms with van der Waals surface area (Å²) in [5.74, 6) is 0.192. The quantitative estimate of drug-likeness (QED) is 0.675. The zero-order valence-corrected chi connectivity index (χ0v) is 8.22. The van der Waals surface area contributed by atoms with Crippen molar-refractivity contribution in [1.29, 1.82) is 0 Å². The van der Waals surface area contributed by atoms with E-state index in [0.29, 0.717) is 18.4 Å². The molecule has 78 valence electrons. The first-order valence-electron chi connectivity index (χ1n) is 4.72. The minimum atomic E-state index is -0.608. The Morgan fingerprint density at radius 3 is 2.43 bits per heavy atom. The van der Waals surface area contributed by atoms with E-state index in [1.807, 2.05) is 6.07 Å². The number of hydrogen-bond acceptors (Lipinski definition) is 3. The molecule has 3 nitrogen and oxygen atoms in total. The van der Waals surface area contributed by atoms with Gasteiger partial charge in [-0.25, -0.2) is 0 Å². The molecule has 0 aliphatic heterocycles. The molecule has 0 saturated heterocycles. The predicted molar refractivity (Wildman–Crippen MR) is 54.1 cm³/mol. The number of aliphatic hydroxyl groups is 2. The van der Waals surface area contributed by atoms with E-state index in [0.717, 1.165) is 0 Å². The molecule has 0 saturated carbocycles. The van der Waals surface area contributed by atoms with Gasteiger partial charge in [-0.3, -0.25) is 0 Å². The highest BCUT2D eigenvalue weighted by Gasteiger charge is 2.10. The lowest BCUT2D eigenvalue weighted by atomic mass is 10.0. The van der Waals surface area contributed by atoms with Crippen molar-refractivity contribution in [2.45, 2.75) is 32.0 Å². The van der Waals surface area contributed by atoms with Gasteiger partial charge in [-0.05, 0) is 25.0 Å². The third kappa shape index (κ3) is 3.36. The normalized spacial score (nSPS) is 15.1. The highest BCUT2D eigenvalue weighted by Crippen LogP contribution is 2.18. The maximum atomic E-state index is 9.53. The molecule has 0 bridgehead atoms. The van der Waals surface area contributed by atoms with Gasteiger partial charge < -0.3 is 15.3 Å². The molecule has 1 rings (SSSR count). The minimum Gasteiger partial charge on any atom is -0.508 e. The Hall–Kier alpha value is -1.06. The average Bonchev–Trinajstić information content (AvgIpc) is 2.07. The summed E-state index contributed by atoms with van der Waals surface area (Å²) in [7, 11) is 0. The Morgan fingerprint density at radius 2 is 1.86 bits per heavy atom. The lowest BCUT2D eigenvalue weighted by Crippen LogP contribution is -2.17. The van der Waals surface area contributed by atoms with Gasteiger partial charge in [-0.15, -0.1) is 0 Å². The lowest BCUT2D eigenvalue weighted by Gasteiger charge is -2.12. The molecule has 2 unspecified atom stereocenters. The highest BCUT2D eigenvalue weighted by molar-refractivity contribution is 5.32. The first-order valence-corrected chi connectivity index (χ1v) is 4.72. The smallest absolute Gasteiger partial charge is 0.118 e. The third-order valence-electron chi connectivity index (χ3n) is 2.06. The van der Waals surface area contributed by atoms with Crippen molar-refractivity contribution in [3.8, 4) is 5.75 Å². The summed E-state index contributed by atoms with van der Waals surface area (Å²) >= 11 is 0. The second kappa shape index (κ2) is 4.98. The van der Waals surface area contributed by atoms with Gasteiger partial charge in [0.05, 0.1) is 12.2 Å². The van der Waals surface area contributed by atoms with E-state index >= 15 is 0 Å². The van der Waals surface area contributed by atoms with Crippen molar-refractivity contribution in [3.63, 3.8) is 0 Å².